The monoisotopic (exact) mass is 247 g/mol. The fraction of sp³-hybridized carbons (Fsp3) is 1.00. The molecule has 0 radical (unpaired) electrons. The van der Waals surface area contributed by atoms with Crippen LogP contribution in [0.2, 0.25) is 0 Å². The van der Waals surface area contributed by atoms with Gasteiger partial charge in [0.2, 0.25) is 0 Å². The van der Waals surface area contributed by atoms with Crippen molar-refractivity contribution in [3.8, 4) is 0 Å². The third kappa shape index (κ3) is 1.62. The molecule has 0 amide bonds. The van der Waals surface area contributed by atoms with E-state index in [0.717, 1.165) is 29.6 Å². The van der Waals surface area contributed by atoms with Gasteiger partial charge < -0.3 is 5.32 Å². The zero-order valence-corrected chi connectivity index (χ0v) is 12.0. The molecule has 4 saturated carbocycles. The van der Waals surface area contributed by atoms with E-state index in [1.807, 2.05) is 0 Å². The molecule has 18 heavy (non-hydrogen) atoms. The van der Waals surface area contributed by atoms with Gasteiger partial charge in [0.1, 0.15) is 0 Å². The summed E-state index contributed by atoms with van der Waals surface area (Å²) in [5.41, 5.74) is 0.681. The van der Waals surface area contributed by atoms with Gasteiger partial charge in [0.25, 0.3) is 0 Å². The Hall–Kier alpha value is -0.0400. The van der Waals surface area contributed by atoms with Crippen LogP contribution < -0.4 is 5.32 Å². The average Bonchev–Trinajstić information content (AvgIpc) is 2.38. The van der Waals surface area contributed by atoms with Gasteiger partial charge in [-0.3, -0.25) is 0 Å². The van der Waals surface area contributed by atoms with Crippen LogP contribution in [0.15, 0.2) is 0 Å². The molecule has 1 saturated heterocycles. The van der Waals surface area contributed by atoms with Crippen LogP contribution in [-0.2, 0) is 0 Å². The van der Waals surface area contributed by atoms with E-state index < -0.39 is 0 Å². The summed E-state index contributed by atoms with van der Waals surface area (Å²) in [7, 11) is 0. The Morgan fingerprint density at radius 3 is 2.17 bits per heavy atom. The second kappa shape index (κ2) is 4.23. The molecule has 1 unspecified atom stereocenters. The topological polar surface area (TPSA) is 12.0 Å². The largest absolute Gasteiger partial charge is 0.316 e. The SMILES string of the molecule is CCC1(C2C3CC4CC(C3)CC2C4)CCCNC1. The maximum Gasteiger partial charge on any atom is 0.00106 e. The maximum absolute atomic E-state index is 3.74. The smallest absolute Gasteiger partial charge is 0.00106 e. The predicted octanol–water partition coefficient (Wildman–Crippen LogP) is 3.84. The standard InChI is InChI=1S/C17H29N/c1-2-17(4-3-5-18-11-17)16-14-7-12-6-13(9-14)10-15(16)8-12/h12-16,18H,2-11H2,1H3. The van der Waals surface area contributed by atoms with Crippen LogP contribution in [0.4, 0.5) is 0 Å². The first-order valence-electron chi connectivity index (χ1n) is 8.51. The van der Waals surface area contributed by atoms with Crippen LogP contribution in [0, 0.1) is 35.0 Å². The van der Waals surface area contributed by atoms with Crippen molar-refractivity contribution >= 4 is 0 Å². The van der Waals surface area contributed by atoms with Crippen LogP contribution >= 0.6 is 0 Å². The number of hydrogen-bond acceptors (Lipinski definition) is 1. The number of piperidine rings is 1. The minimum Gasteiger partial charge on any atom is -0.316 e. The van der Waals surface area contributed by atoms with Crippen molar-refractivity contribution < 1.29 is 0 Å². The van der Waals surface area contributed by atoms with Crippen molar-refractivity contribution in [3.63, 3.8) is 0 Å². The highest BCUT2D eigenvalue weighted by molar-refractivity contribution is 5.05. The summed E-state index contributed by atoms with van der Waals surface area (Å²) in [4.78, 5) is 0. The van der Waals surface area contributed by atoms with Gasteiger partial charge in [-0.25, -0.2) is 0 Å². The van der Waals surface area contributed by atoms with Crippen LogP contribution in [0.5, 0.6) is 0 Å². The van der Waals surface area contributed by atoms with Crippen LogP contribution in [-0.4, -0.2) is 13.1 Å². The molecule has 1 N–H and O–H groups in total. The fourth-order valence-corrected chi connectivity index (χ4v) is 6.74. The number of rotatable bonds is 2. The summed E-state index contributed by atoms with van der Waals surface area (Å²) in [6.45, 7) is 5.07. The Morgan fingerprint density at radius 1 is 1.00 bits per heavy atom. The zero-order chi connectivity index (χ0) is 12.2. The molecule has 5 aliphatic rings. The first-order valence-corrected chi connectivity index (χ1v) is 8.51. The van der Waals surface area contributed by atoms with E-state index in [1.54, 1.807) is 32.1 Å². The van der Waals surface area contributed by atoms with Gasteiger partial charge in [-0.2, -0.15) is 0 Å². The molecular formula is C17H29N. The first-order chi connectivity index (χ1) is 8.81. The van der Waals surface area contributed by atoms with Gasteiger partial charge in [0.15, 0.2) is 0 Å². The van der Waals surface area contributed by atoms with Gasteiger partial charge in [0, 0.05) is 6.54 Å². The lowest BCUT2D eigenvalue weighted by atomic mass is 9.45. The molecule has 0 spiro atoms. The van der Waals surface area contributed by atoms with Gasteiger partial charge >= 0.3 is 0 Å². The zero-order valence-electron chi connectivity index (χ0n) is 12.0. The van der Waals surface area contributed by atoms with E-state index in [0.29, 0.717) is 5.41 Å². The van der Waals surface area contributed by atoms with E-state index in [2.05, 4.69) is 12.2 Å². The maximum atomic E-state index is 3.74. The summed E-state index contributed by atoms with van der Waals surface area (Å²) in [5, 5.41) is 3.74. The lowest BCUT2D eigenvalue weighted by Crippen LogP contribution is -2.56. The molecule has 102 valence electrons. The minimum absolute atomic E-state index is 0.681. The van der Waals surface area contributed by atoms with Crippen molar-refractivity contribution in [1.29, 1.82) is 0 Å². The highest BCUT2D eigenvalue weighted by Crippen LogP contribution is 2.62. The minimum atomic E-state index is 0.681. The molecule has 0 aromatic rings. The van der Waals surface area contributed by atoms with Crippen molar-refractivity contribution in [3.05, 3.63) is 0 Å². The Kier molecular flexibility index (Phi) is 2.76. The molecule has 1 atom stereocenters. The lowest BCUT2D eigenvalue weighted by molar-refractivity contribution is -0.105. The van der Waals surface area contributed by atoms with E-state index in [-0.39, 0.29) is 0 Å². The summed E-state index contributed by atoms with van der Waals surface area (Å²) in [5.74, 6) is 5.58. The summed E-state index contributed by atoms with van der Waals surface area (Å²) in [6, 6.07) is 0. The van der Waals surface area contributed by atoms with Crippen molar-refractivity contribution in [2.75, 3.05) is 13.1 Å². The molecule has 0 aromatic heterocycles. The molecule has 0 aromatic carbocycles. The van der Waals surface area contributed by atoms with Crippen LogP contribution in [0.1, 0.15) is 58.3 Å². The molecule has 4 bridgehead atoms. The molecule has 5 fully saturated rings. The van der Waals surface area contributed by atoms with Crippen LogP contribution in [0.3, 0.4) is 0 Å². The third-order valence-electron chi connectivity index (χ3n) is 7.14. The van der Waals surface area contributed by atoms with Crippen molar-refractivity contribution in [2.24, 2.45) is 35.0 Å². The van der Waals surface area contributed by atoms with Gasteiger partial charge in [-0.15, -0.1) is 0 Å². The number of nitrogens with one attached hydrogen (secondary N) is 1. The fourth-order valence-electron chi connectivity index (χ4n) is 6.74. The van der Waals surface area contributed by atoms with Gasteiger partial charge in [-0.05, 0) is 92.9 Å². The van der Waals surface area contributed by atoms with E-state index in [9.17, 15) is 0 Å². The summed E-state index contributed by atoms with van der Waals surface area (Å²) in [6.07, 6.45) is 12.3. The molecule has 5 rings (SSSR count). The molecule has 1 heteroatoms. The molecule has 1 heterocycles. The molecule has 4 aliphatic carbocycles. The second-order valence-electron chi connectivity index (χ2n) is 7.95. The third-order valence-corrected chi connectivity index (χ3v) is 7.14. The lowest BCUT2D eigenvalue weighted by Gasteiger charge is -2.61. The highest BCUT2D eigenvalue weighted by atomic mass is 14.9. The van der Waals surface area contributed by atoms with E-state index in [1.165, 1.54) is 32.4 Å². The van der Waals surface area contributed by atoms with Crippen LogP contribution in [0.25, 0.3) is 0 Å². The van der Waals surface area contributed by atoms with E-state index in [4.69, 9.17) is 0 Å². The van der Waals surface area contributed by atoms with Gasteiger partial charge in [-0.1, -0.05) is 6.92 Å². The molecule has 1 aliphatic heterocycles. The Bertz CT molecular complexity index is 288. The van der Waals surface area contributed by atoms with E-state index >= 15 is 0 Å². The quantitative estimate of drug-likeness (QED) is 0.782. The molecule has 1 nitrogen and oxygen atoms in total. The Balaban J connectivity index is 1.63. The summed E-state index contributed by atoms with van der Waals surface area (Å²) >= 11 is 0. The second-order valence-corrected chi connectivity index (χ2v) is 7.95. The van der Waals surface area contributed by atoms with Gasteiger partial charge in [0.05, 0.1) is 0 Å². The summed E-state index contributed by atoms with van der Waals surface area (Å²) < 4.78 is 0. The average molecular weight is 247 g/mol. The van der Waals surface area contributed by atoms with Crippen molar-refractivity contribution in [2.45, 2.75) is 58.3 Å². The Labute approximate surface area is 112 Å². The number of hydrogen-bond donors (Lipinski definition) is 1. The normalized spacial score (nSPS) is 54.8. The highest BCUT2D eigenvalue weighted by Gasteiger charge is 2.54. The van der Waals surface area contributed by atoms with Crippen molar-refractivity contribution in [1.82, 2.24) is 5.32 Å². The predicted molar refractivity (Wildman–Crippen MR) is 75.4 cm³/mol. The Morgan fingerprint density at radius 2 is 1.67 bits per heavy atom. The first kappa shape index (κ1) is 11.8. The molecular weight excluding hydrogens is 218 g/mol.